The fourth-order valence-corrected chi connectivity index (χ4v) is 11.8. The largest absolute Gasteiger partial charge is 0.392 e. The number of fused-ring (bicyclic) bond motifs is 7. The molecular formula is C37H30O6. The van der Waals surface area contributed by atoms with Crippen LogP contribution in [0.15, 0.2) is 109 Å². The second-order valence-corrected chi connectivity index (χ2v) is 13.2. The van der Waals surface area contributed by atoms with Crippen molar-refractivity contribution < 1.29 is 28.5 Å². The van der Waals surface area contributed by atoms with Crippen LogP contribution >= 0.6 is 0 Å². The molecule has 11 rings (SSSR count). The number of hydrogen-bond donors (Lipinski definition) is 0. The van der Waals surface area contributed by atoms with Gasteiger partial charge in [0.2, 0.25) is 0 Å². The Morgan fingerprint density at radius 2 is 0.953 bits per heavy atom. The third-order valence-electron chi connectivity index (χ3n) is 12.6. The van der Waals surface area contributed by atoms with E-state index in [0.29, 0.717) is 0 Å². The van der Waals surface area contributed by atoms with Crippen LogP contribution in [-0.2, 0) is 39.7 Å². The van der Waals surface area contributed by atoms with Gasteiger partial charge in [-0.3, -0.25) is 9.59 Å². The Kier molecular flexibility index (Phi) is 4.25. The zero-order valence-electron chi connectivity index (χ0n) is 23.8. The maximum atomic E-state index is 15.0. The monoisotopic (exact) mass is 570 g/mol. The van der Waals surface area contributed by atoms with Crippen LogP contribution in [0.25, 0.3) is 0 Å². The molecule has 8 aliphatic rings. The Hall–Kier alpha value is -3.84. The van der Waals surface area contributed by atoms with Gasteiger partial charge < -0.3 is 18.9 Å². The van der Waals surface area contributed by atoms with Gasteiger partial charge >= 0.3 is 11.9 Å². The molecule has 0 amide bonds. The summed E-state index contributed by atoms with van der Waals surface area (Å²) in [6.45, 7) is 0. The summed E-state index contributed by atoms with van der Waals surface area (Å²) in [4.78, 5) is 30.0. The Balaban J connectivity index is 1.41. The van der Waals surface area contributed by atoms with Crippen molar-refractivity contribution in [2.24, 2.45) is 46.3 Å². The lowest BCUT2D eigenvalue weighted by molar-refractivity contribution is -0.235. The molecule has 0 N–H and O–H groups in total. The van der Waals surface area contributed by atoms with Crippen molar-refractivity contribution in [2.45, 2.75) is 17.0 Å². The van der Waals surface area contributed by atoms with Crippen LogP contribution in [0.2, 0.25) is 0 Å². The van der Waals surface area contributed by atoms with E-state index in [2.05, 4.69) is 36.4 Å². The Morgan fingerprint density at radius 3 is 1.37 bits per heavy atom. The standard InChI is InChI=1S/C37H30O6/c1-40-37(41-2)27-19-20-28(37)30-26-18-17-25(29(27)30)33-31(38)42-32(39)34(26,33)36(22-13-7-4-8-14-22)24-16-10-9-15-23(24)35(33,43-36)21-11-5-3-6-12-21/h3-20,25-30H,1-2H3. The quantitative estimate of drug-likeness (QED) is 0.188. The predicted octanol–water partition coefficient (Wildman–Crippen LogP) is 5.13. The number of carbonyl (C=O) groups is 2. The summed E-state index contributed by atoms with van der Waals surface area (Å²) in [5, 5.41) is 0. The summed E-state index contributed by atoms with van der Waals surface area (Å²) in [7, 11) is 3.42. The lowest BCUT2D eigenvalue weighted by Crippen LogP contribution is -2.72. The average Bonchev–Trinajstić information content (AvgIpc) is 3.82. The average molecular weight is 571 g/mol. The van der Waals surface area contributed by atoms with E-state index >= 15 is 9.59 Å². The molecule has 5 aliphatic carbocycles. The second-order valence-electron chi connectivity index (χ2n) is 13.2. The van der Waals surface area contributed by atoms with Gasteiger partial charge in [-0.25, -0.2) is 0 Å². The van der Waals surface area contributed by atoms with Crippen molar-refractivity contribution in [1.29, 1.82) is 0 Å². The van der Waals surface area contributed by atoms with Gasteiger partial charge in [-0.2, -0.15) is 0 Å². The summed E-state index contributed by atoms with van der Waals surface area (Å²) in [6.07, 6.45) is 8.81. The maximum Gasteiger partial charge on any atom is 0.325 e. The minimum Gasteiger partial charge on any atom is -0.392 e. The molecule has 43 heavy (non-hydrogen) atoms. The number of methoxy groups -OCH3 is 2. The third kappa shape index (κ3) is 2.05. The zero-order valence-corrected chi connectivity index (χ0v) is 23.8. The molecule has 2 saturated carbocycles. The van der Waals surface area contributed by atoms with Crippen LogP contribution in [0.5, 0.6) is 0 Å². The summed E-state index contributed by atoms with van der Waals surface area (Å²) in [6, 6.07) is 28.2. The molecule has 0 aromatic heterocycles. The minimum absolute atomic E-state index is 0.0139. The number of benzene rings is 3. The molecule has 6 nitrogen and oxygen atoms in total. The van der Waals surface area contributed by atoms with Gasteiger partial charge in [-0.15, -0.1) is 0 Å². The van der Waals surface area contributed by atoms with Crippen molar-refractivity contribution in [3.63, 3.8) is 0 Å². The molecule has 6 bridgehead atoms. The SMILES string of the molecule is COC1(OC)C2C=CC1C1C2C2C=CC1C13C(=O)OC(=O)C21C1(c2ccccc2)OC3(c2ccccc2)c2ccccc21. The third-order valence-corrected chi connectivity index (χ3v) is 12.6. The highest BCUT2D eigenvalue weighted by molar-refractivity contribution is 6.08. The molecule has 3 aromatic carbocycles. The molecule has 10 unspecified atom stereocenters. The molecule has 3 heterocycles. The minimum atomic E-state index is -1.35. The lowest BCUT2D eigenvalue weighted by Gasteiger charge is -2.64. The molecule has 2 saturated heterocycles. The van der Waals surface area contributed by atoms with Crippen LogP contribution in [0.3, 0.4) is 0 Å². The van der Waals surface area contributed by atoms with Gasteiger partial charge in [0.05, 0.1) is 0 Å². The normalized spacial score (nSPS) is 44.3. The number of hydrogen-bond acceptors (Lipinski definition) is 6. The van der Waals surface area contributed by atoms with Crippen LogP contribution in [0.1, 0.15) is 22.3 Å². The van der Waals surface area contributed by atoms with Crippen LogP contribution in [-0.4, -0.2) is 31.9 Å². The fraction of sp³-hybridized carbons (Fsp3) is 0.351. The van der Waals surface area contributed by atoms with E-state index in [-0.39, 0.29) is 35.5 Å². The highest BCUT2D eigenvalue weighted by Crippen LogP contribution is 2.90. The number of rotatable bonds is 4. The van der Waals surface area contributed by atoms with Crippen molar-refractivity contribution in [3.05, 3.63) is 131 Å². The molecule has 0 spiro atoms. The van der Waals surface area contributed by atoms with Crippen molar-refractivity contribution in [3.8, 4) is 0 Å². The van der Waals surface area contributed by atoms with E-state index in [1.165, 1.54) is 0 Å². The van der Waals surface area contributed by atoms with Crippen molar-refractivity contribution >= 4 is 11.9 Å². The van der Waals surface area contributed by atoms with E-state index in [9.17, 15) is 0 Å². The Bertz CT molecular complexity index is 1690. The highest BCUT2D eigenvalue weighted by Gasteiger charge is 2.99. The van der Waals surface area contributed by atoms with Gasteiger partial charge in [0.15, 0.2) is 5.79 Å². The van der Waals surface area contributed by atoms with Crippen molar-refractivity contribution in [2.75, 3.05) is 14.2 Å². The first kappa shape index (κ1) is 24.6. The van der Waals surface area contributed by atoms with E-state index < -0.39 is 39.8 Å². The van der Waals surface area contributed by atoms with Gasteiger partial charge in [0.1, 0.15) is 22.0 Å². The maximum absolute atomic E-state index is 15.0. The Morgan fingerprint density at radius 1 is 0.558 bits per heavy atom. The first-order valence-corrected chi connectivity index (χ1v) is 15.2. The number of carbonyl (C=O) groups excluding carboxylic acids is 2. The smallest absolute Gasteiger partial charge is 0.325 e. The van der Waals surface area contributed by atoms with E-state index in [1.807, 2.05) is 72.8 Å². The molecule has 6 heteroatoms. The molecule has 3 aliphatic heterocycles. The van der Waals surface area contributed by atoms with E-state index in [0.717, 1.165) is 22.3 Å². The second kappa shape index (κ2) is 7.44. The fourth-order valence-electron chi connectivity index (χ4n) is 11.8. The Labute approximate surface area is 249 Å². The van der Waals surface area contributed by atoms with Crippen LogP contribution in [0.4, 0.5) is 0 Å². The number of esters is 2. The first-order valence-electron chi connectivity index (χ1n) is 15.2. The number of cyclic esters (lactones) is 2. The van der Waals surface area contributed by atoms with Crippen LogP contribution < -0.4 is 0 Å². The van der Waals surface area contributed by atoms with Crippen LogP contribution in [0, 0.1) is 46.3 Å². The summed E-state index contributed by atoms with van der Waals surface area (Å²) in [5.74, 6) is -2.80. The number of allylic oxidation sites excluding steroid dienone is 2. The lowest BCUT2D eigenvalue weighted by atomic mass is 9.31. The molecule has 10 atom stereocenters. The highest BCUT2D eigenvalue weighted by atomic mass is 16.7. The molecular weight excluding hydrogens is 540 g/mol. The summed E-state index contributed by atoms with van der Waals surface area (Å²) < 4.78 is 26.2. The topological polar surface area (TPSA) is 71.1 Å². The molecule has 214 valence electrons. The predicted molar refractivity (Wildman–Crippen MR) is 154 cm³/mol. The van der Waals surface area contributed by atoms with Gasteiger partial charge in [-0.1, -0.05) is 109 Å². The molecule has 0 radical (unpaired) electrons. The zero-order chi connectivity index (χ0) is 29.0. The first-order chi connectivity index (χ1) is 21.0. The van der Waals surface area contributed by atoms with Crippen molar-refractivity contribution in [1.82, 2.24) is 0 Å². The summed E-state index contributed by atoms with van der Waals surface area (Å²) in [5.41, 5.74) is -1.68. The van der Waals surface area contributed by atoms with E-state index in [4.69, 9.17) is 18.9 Å². The molecule has 3 aromatic rings. The van der Waals surface area contributed by atoms with Gasteiger partial charge in [0.25, 0.3) is 0 Å². The number of ether oxygens (including phenoxy) is 4. The van der Waals surface area contributed by atoms with Gasteiger partial charge in [-0.05, 0) is 34.1 Å². The molecule has 4 fully saturated rings. The summed E-state index contributed by atoms with van der Waals surface area (Å²) >= 11 is 0. The van der Waals surface area contributed by atoms with Gasteiger partial charge in [0, 0.05) is 37.9 Å². The van der Waals surface area contributed by atoms with E-state index in [1.54, 1.807) is 14.2 Å².